The zero-order valence-corrected chi connectivity index (χ0v) is 17.8. The monoisotopic (exact) mass is 444 g/mol. The first-order valence-electron chi connectivity index (χ1n) is 10.3. The van der Waals surface area contributed by atoms with Crippen LogP contribution >= 0.6 is 15.9 Å². The number of halogens is 1. The van der Waals surface area contributed by atoms with Gasteiger partial charge >= 0.3 is 0 Å². The Morgan fingerprint density at radius 3 is 1.83 bits per heavy atom. The molecule has 0 amide bonds. The average Bonchev–Trinajstić information content (AvgIpc) is 3.27. The predicted molar refractivity (Wildman–Crippen MR) is 128 cm³/mol. The minimum atomic E-state index is -0.272. The molecule has 0 bridgehead atoms. The number of fused-ring (bicyclic) bond motifs is 12. The van der Waals surface area contributed by atoms with Crippen molar-refractivity contribution < 1.29 is 0 Å². The van der Waals surface area contributed by atoms with Crippen molar-refractivity contribution in [1.29, 1.82) is 0 Å². The minimum absolute atomic E-state index is 0.272. The maximum atomic E-state index is 3.91. The van der Waals surface area contributed by atoms with Crippen LogP contribution in [0.1, 0.15) is 22.3 Å². The van der Waals surface area contributed by atoms with Crippen molar-refractivity contribution >= 4 is 26.7 Å². The molecule has 0 saturated heterocycles. The molecule has 0 saturated carbocycles. The van der Waals surface area contributed by atoms with E-state index in [0.29, 0.717) is 0 Å². The van der Waals surface area contributed by atoms with Crippen LogP contribution in [0.2, 0.25) is 0 Å². The van der Waals surface area contributed by atoms with Gasteiger partial charge in [0.1, 0.15) is 0 Å². The van der Waals surface area contributed by atoms with E-state index in [0.717, 1.165) is 4.47 Å². The average molecular weight is 445 g/mol. The maximum Gasteiger partial charge on any atom is 0.0726 e. The van der Waals surface area contributed by atoms with Crippen LogP contribution in [-0.4, -0.2) is 0 Å². The molecular formula is C29H17Br. The Labute approximate surface area is 184 Å². The fraction of sp³-hybridized carbons (Fsp3) is 0.0345. The molecule has 0 heterocycles. The Hall–Kier alpha value is -3.16. The van der Waals surface area contributed by atoms with Crippen molar-refractivity contribution in [2.45, 2.75) is 5.41 Å². The summed E-state index contributed by atoms with van der Waals surface area (Å²) in [7, 11) is 0. The predicted octanol–water partition coefficient (Wildman–Crippen LogP) is 7.95. The van der Waals surface area contributed by atoms with Gasteiger partial charge in [0.25, 0.3) is 0 Å². The summed E-state index contributed by atoms with van der Waals surface area (Å²) in [6.45, 7) is 0. The summed E-state index contributed by atoms with van der Waals surface area (Å²) in [6, 6.07) is 38.0. The minimum Gasteiger partial charge on any atom is -0.0619 e. The molecule has 0 unspecified atom stereocenters. The highest BCUT2D eigenvalue weighted by molar-refractivity contribution is 9.10. The van der Waals surface area contributed by atoms with Gasteiger partial charge in [0, 0.05) is 10.0 Å². The van der Waals surface area contributed by atoms with Gasteiger partial charge in [0.05, 0.1) is 5.41 Å². The molecule has 5 aromatic rings. The molecular weight excluding hydrogens is 428 g/mol. The lowest BCUT2D eigenvalue weighted by atomic mass is 9.70. The molecule has 0 N–H and O–H groups in total. The van der Waals surface area contributed by atoms with E-state index >= 15 is 0 Å². The molecule has 0 atom stereocenters. The third-order valence-corrected chi connectivity index (χ3v) is 7.61. The second-order valence-electron chi connectivity index (χ2n) is 8.21. The van der Waals surface area contributed by atoms with Gasteiger partial charge in [0.2, 0.25) is 0 Å². The summed E-state index contributed by atoms with van der Waals surface area (Å²) in [5, 5.41) is 2.61. The lowest BCUT2D eigenvalue weighted by molar-refractivity contribution is 0.794. The number of hydrogen-bond acceptors (Lipinski definition) is 0. The Balaban J connectivity index is 1.77. The molecule has 5 aromatic carbocycles. The highest BCUT2D eigenvalue weighted by Gasteiger charge is 2.52. The van der Waals surface area contributed by atoms with Crippen molar-refractivity contribution in [2.75, 3.05) is 0 Å². The van der Waals surface area contributed by atoms with Crippen LogP contribution in [0.4, 0.5) is 0 Å². The van der Waals surface area contributed by atoms with E-state index in [-0.39, 0.29) is 5.41 Å². The normalized spacial score (nSPS) is 14.4. The number of hydrogen-bond donors (Lipinski definition) is 0. The summed E-state index contributed by atoms with van der Waals surface area (Å²) < 4.78 is 1.16. The zero-order chi connectivity index (χ0) is 19.9. The van der Waals surface area contributed by atoms with Gasteiger partial charge in [-0.1, -0.05) is 113 Å². The number of rotatable bonds is 0. The fourth-order valence-corrected chi connectivity index (χ4v) is 6.47. The van der Waals surface area contributed by atoms with Gasteiger partial charge in [-0.15, -0.1) is 0 Å². The topological polar surface area (TPSA) is 0 Å². The highest BCUT2D eigenvalue weighted by Crippen LogP contribution is 2.64. The SMILES string of the molecule is Brc1cccc2c1-c1c(ccc3ccccc13)C21c2ccccc2-c2ccccc21. The van der Waals surface area contributed by atoms with Gasteiger partial charge in [-0.25, -0.2) is 0 Å². The van der Waals surface area contributed by atoms with Crippen LogP contribution < -0.4 is 0 Å². The first-order valence-corrected chi connectivity index (χ1v) is 11.1. The van der Waals surface area contributed by atoms with E-state index in [1.807, 2.05) is 0 Å². The largest absolute Gasteiger partial charge is 0.0726 e. The van der Waals surface area contributed by atoms with Gasteiger partial charge < -0.3 is 0 Å². The van der Waals surface area contributed by atoms with Crippen molar-refractivity contribution in [1.82, 2.24) is 0 Å². The maximum absolute atomic E-state index is 3.91. The first-order chi connectivity index (χ1) is 14.8. The second-order valence-corrected chi connectivity index (χ2v) is 9.07. The second kappa shape index (κ2) is 5.71. The van der Waals surface area contributed by atoms with E-state index in [2.05, 4.69) is 119 Å². The molecule has 0 radical (unpaired) electrons. The zero-order valence-electron chi connectivity index (χ0n) is 16.2. The standard InChI is InChI=1S/C29H17Br/c30-26-15-7-14-24-28(26)27-19-9-2-1-8-18(19)16-17-25(27)29(24)22-12-5-3-10-20(22)21-11-4-6-13-23(21)29/h1-17H. The quantitative estimate of drug-likeness (QED) is 0.222. The summed E-state index contributed by atoms with van der Waals surface area (Å²) >= 11 is 3.91. The van der Waals surface area contributed by atoms with E-state index in [1.54, 1.807) is 0 Å². The molecule has 0 aliphatic heterocycles. The lowest BCUT2D eigenvalue weighted by Crippen LogP contribution is -2.25. The summed E-state index contributed by atoms with van der Waals surface area (Å²) in [6.07, 6.45) is 0. The smallest absolute Gasteiger partial charge is 0.0619 e. The van der Waals surface area contributed by atoms with E-state index < -0.39 is 0 Å². The molecule has 30 heavy (non-hydrogen) atoms. The van der Waals surface area contributed by atoms with Crippen molar-refractivity contribution in [3.05, 3.63) is 130 Å². The molecule has 2 aliphatic carbocycles. The van der Waals surface area contributed by atoms with Crippen molar-refractivity contribution in [3.8, 4) is 22.3 Å². The van der Waals surface area contributed by atoms with Crippen LogP contribution in [-0.2, 0) is 5.41 Å². The summed E-state index contributed by atoms with van der Waals surface area (Å²) in [5.41, 5.74) is 10.7. The lowest BCUT2D eigenvalue weighted by Gasteiger charge is -2.30. The van der Waals surface area contributed by atoms with Crippen LogP contribution in [0.25, 0.3) is 33.0 Å². The molecule has 0 fully saturated rings. The third kappa shape index (κ3) is 1.79. The Bertz CT molecular complexity index is 1460. The molecule has 0 aromatic heterocycles. The molecule has 140 valence electrons. The van der Waals surface area contributed by atoms with Crippen LogP contribution in [0.5, 0.6) is 0 Å². The van der Waals surface area contributed by atoms with Crippen molar-refractivity contribution in [3.63, 3.8) is 0 Å². The van der Waals surface area contributed by atoms with Crippen LogP contribution in [0.3, 0.4) is 0 Å². The Morgan fingerprint density at radius 2 is 1.07 bits per heavy atom. The van der Waals surface area contributed by atoms with Crippen LogP contribution in [0.15, 0.2) is 108 Å². The van der Waals surface area contributed by atoms with Crippen LogP contribution in [0, 0.1) is 0 Å². The summed E-state index contributed by atoms with van der Waals surface area (Å²) in [4.78, 5) is 0. The first kappa shape index (κ1) is 16.6. The van der Waals surface area contributed by atoms with E-state index in [1.165, 1.54) is 55.3 Å². The van der Waals surface area contributed by atoms with Gasteiger partial charge in [-0.3, -0.25) is 0 Å². The highest BCUT2D eigenvalue weighted by atomic mass is 79.9. The number of benzene rings is 5. The summed E-state index contributed by atoms with van der Waals surface area (Å²) in [5.74, 6) is 0. The van der Waals surface area contributed by atoms with Crippen molar-refractivity contribution in [2.24, 2.45) is 0 Å². The molecule has 2 aliphatic rings. The van der Waals surface area contributed by atoms with E-state index in [4.69, 9.17) is 0 Å². The molecule has 1 heteroatoms. The van der Waals surface area contributed by atoms with Gasteiger partial charge in [-0.2, -0.15) is 0 Å². The molecule has 1 spiro atoms. The van der Waals surface area contributed by atoms with Gasteiger partial charge in [-0.05, 0) is 55.8 Å². The third-order valence-electron chi connectivity index (χ3n) is 6.95. The van der Waals surface area contributed by atoms with E-state index in [9.17, 15) is 0 Å². The van der Waals surface area contributed by atoms with Gasteiger partial charge in [0.15, 0.2) is 0 Å². The molecule has 7 rings (SSSR count). The Morgan fingerprint density at radius 1 is 0.467 bits per heavy atom. The Kier molecular flexibility index (Phi) is 3.16. The molecule has 0 nitrogen and oxygen atoms in total. The fourth-order valence-electron chi connectivity index (χ4n) is 5.90.